The van der Waals surface area contributed by atoms with Crippen molar-refractivity contribution in [3.63, 3.8) is 0 Å². The van der Waals surface area contributed by atoms with Crippen molar-refractivity contribution in [3.8, 4) is 5.69 Å². The maximum absolute atomic E-state index is 12.4. The molecule has 0 radical (unpaired) electrons. The van der Waals surface area contributed by atoms with Crippen LogP contribution < -0.4 is 10.6 Å². The highest BCUT2D eigenvalue weighted by atomic mass is 16.2. The Morgan fingerprint density at radius 1 is 0.875 bits per heavy atom. The van der Waals surface area contributed by atoms with Gasteiger partial charge in [-0.25, -0.2) is 0 Å². The third kappa shape index (κ3) is 5.24. The number of hydrogen-bond donors (Lipinski definition) is 2. The Morgan fingerprint density at radius 3 is 2.28 bits per heavy atom. The van der Waals surface area contributed by atoms with Crippen LogP contribution in [0.25, 0.3) is 5.69 Å². The van der Waals surface area contributed by atoms with Gasteiger partial charge in [-0.15, -0.1) is 0 Å². The topological polar surface area (TPSA) is 83.4 Å². The molecule has 164 valence electrons. The molecule has 1 saturated heterocycles. The first-order valence-corrected chi connectivity index (χ1v) is 10.7. The third-order valence-electron chi connectivity index (χ3n) is 5.54. The van der Waals surface area contributed by atoms with Gasteiger partial charge in [0, 0.05) is 56.2 Å². The molecule has 0 saturated carbocycles. The molecule has 7 nitrogen and oxygen atoms in total. The highest BCUT2D eigenvalue weighted by Gasteiger charge is 2.33. The first-order valence-electron chi connectivity index (χ1n) is 10.7. The average Bonchev–Trinajstić information content (AvgIpc) is 3.48. The first kappa shape index (κ1) is 21.4. The van der Waals surface area contributed by atoms with E-state index in [1.54, 1.807) is 17.0 Å². The second-order valence-electron chi connectivity index (χ2n) is 7.85. The van der Waals surface area contributed by atoms with Crippen molar-refractivity contribution in [2.45, 2.75) is 13.0 Å². The SMILES string of the molecule is O=C(NCCNC(=O)C1CC(=O)N(Cc2ccccc2)C1)c1ccc(-n2cccc2)cc1. The molecular weight excluding hydrogens is 404 g/mol. The molecule has 2 heterocycles. The number of hydrogen-bond acceptors (Lipinski definition) is 3. The molecule has 2 aromatic carbocycles. The Labute approximate surface area is 187 Å². The number of nitrogens with zero attached hydrogens (tertiary/aromatic N) is 2. The second kappa shape index (κ2) is 9.96. The van der Waals surface area contributed by atoms with E-state index in [0.29, 0.717) is 31.7 Å². The molecule has 3 aromatic rings. The van der Waals surface area contributed by atoms with Gasteiger partial charge >= 0.3 is 0 Å². The molecule has 1 atom stereocenters. The number of carbonyl (C=O) groups excluding carboxylic acids is 3. The van der Waals surface area contributed by atoms with Crippen molar-refractivity contribution in [1.29, 1.82) is 0 Å². The number of aromatic nitrogens is 1. The summed E-state index contributed by atoms with van der Waals surface area (Å²) in [5.74, 6) is -0.712. The van der Waals surface area contributed by atoms with E-state index in [4.69, 9.17) is 0 Å². The lowest BCUT2D eigenvalue weighted by molar-refractivity contribution is -0.129. The zero-order valence-electron chi connectivity index (χ0n) is 17.7. The normalized spacial score (nSPS) is 15.6. The lowest BCUT2D eigenvalue weighted by atomic mass is 10.1. The third-order valence-corrected chi connectivity index (χ3v) is 5.54. The summed E-state index contributed by atoms with van der Waals surface area (Å²) in [6, 6.07) is 20.9. The van der Waals surface area contributed by atoms with Crippen molar-refractivity contribution in [2.75, 3.05) is 19.6 Å². The van der Waals surface area contributed by atoms with Crippen molar-refractivity contribution in [1.82, 2.24) is 20.1 Å². The van der Waals surface area contributed by atoms with Crippen molar-refractivity contribution < 1.29 is 14.4 Å². The maximum atomic E-state index is 12.4. The lowest BCUT2D eigenvalue weighted by Gasteiger charge is -2.16. The number of likely N-dealkylation sites (tertiary alicyclic amines) is 1. The molecule has 4 rings (SSSR count). The molecule has 2 N–H and O–H groups in total. The first-order chi connectivity index (χ1) is 15.6. The summed E-state index contributed by atoms with van der Waals surface area (Å²) in [5, 5.41) is 5.64. The summed E-state index contributed by atoms with van der Waals surface area (Å²) in [5.41, 5.74) is 2.59. The van der Waals surface area contributed by atoms with Crippen LogP contribution in [0.5, 0.6) is 0 Å². The van der Waals surface area contributed by atoms with E-state index in [9.17, 15) is 14.4 Å². The predicted molar refractivity (Wildman–Crippen MR) is 121 cm³/mol. The minimum Gasteiger partial charge on any atom is -0.354 e. The zero-order chi connectivity index (χ0) is 22.3. The summed E-state index contributed by atoms with van der Waals surface area (Å²) in [7, 11) is 0. The summed E-state index contributed by atoms with van der Waals surface area (Å²) in [6.07, 6.45) is 4.10. The second-order valence-corrected chi connectivity index (χ2v) is 7.85. The Morgan fingerprint density at radius 2 is 1.56 bits per heavy atom. The van der Waals surface area contributed by atoms with Crippen LogP contribution in [0.1, 0.15) is 22.3 Å². The lowest BCUT2D eigenvalue weighted by Crippen LogP contribution is -2.38. The summed E-state index contributed by atoms with van der Waals surface area (Å²) < 4.78 is 1.96. The molecule has 0 aliphatic carbocycles. The van der Waals surface area contributed by atoms with Crippen LogP contribution in [0.3, 0.4) is 0 Å². The summed E-state index contributed by atoms with van der Waals surface area (Å²) in [4.78, 5) is 38.7. The minimum absolute atomic E-state index is 0.00864. The standard InChI is InChI=1S/C25H26N4O3/c30-23-16-21(18-29(23)17-19-6-2-1-3-7-19)25(32)27-13-12-26-24(31)20-8-10-22(11-9-20)28-14-4-5-15-28/h1-11,14-15,21H,12-13,16-18H2,(H,26,31)(H,27,32). The van der Waals surface area contributed by atoms with Gasteiger partial charge in [-0.2, -0.15) is 0 Å². The van der Waals surface area contributed by atoms with Crippen LogP contribution in [-0.4, -0.2) is 46.8 Å². The van der Waals surface area contributed by atoms with Crippen LogP contribution in [0.4, 0.5) is 0 Å². The van der Waals surface area contributed by atoms with E-state index in [0.717, 1.165) is 11.3 Å². The van der Waals surface area contributed by atoms with E-state index in [1.807, 2.05) is 71.6 Å². The predicted octanol–water partition coefficient (Wildman–Crippen LogP) is 2.37. The molecule has 1 aliphatic rings. The van der Waals surface area contributed by atoms with Gasteiger partial charge in [0.2, 0.25) is 11.8 Å². The minimum atomic E-state index is -0.358. The van der Waals surface area contributed by atoms with Gasteiger partial charge in [0.1, 0.15) is 0 Å². The van der Waals surface area contributed by atoms with E-state index in [-0.39, 0.29) is 30.1 Å². The maximum Gasteiger partial charge on any atom is 0.251 e. The molecule has 32 heavy (non-hydrogen) atoms. The van der Waals surface area contributed by atoms with Crippen LogP contribution in [0.2, 0.25) is 0 Å². The van der Waals surface area contributed by atoms with Crippen LogP contribution in [0, 0.1) is 5.92 Å². The van der Waals surface area contributed by atoms with Gasteiger partial charge < -0.3 is 20.1 Å². The number of rotatable bonds is 8. The molecule has 0 bridgehead atoms. The fourth-order valence-electron chi connectivity index (χ4n) is 3.80. The smallest absolute Gasteiger partial charge is 0.251 e. The van der Waals surface area contributed by atoms with Crippen molar-refractivity contribution in [3.05, 3.63) is 90.3 Å². The number of nitrogens with one attached hydrogen (secondary N) is 2. The average molecular weight is 431 g/mol. The molecule has 1 fully saturated rings. The van der Waals surface area contributed by atoms with E-state index in [2.05, 4.69) is 10.6 Å². The van der Waals surface area contributed by atoms with Gasteiger partial charge in [-0.3, -0.25) is 14.4 Å². The largest absolute Gasteiger partial charge is 0.354 e. The molecule has 0 spiro atoms. The Balaban J connectivity index is 1.19. The van der Waals surface area contributed by atoms with Crippen LogP contribution in [0.15, 0.2) is 79.1 Å². The van der Waals surface area contributed by atoms with Gasteiger partial charge in [0.25, 0.3) is 5.91 Å². The highest BCUT2D eigenvalue weighted by molar-refractivity contribution is 5.94. The van der Waals surface area contributed by atoms with Crippen LogP contribution >= 0.6 is 0 Å². The summed E-state index contributed by atoms with van der Waals surface area (Å²) in [6.45, 7) is 1.57. The van der Waals surface area contributed by atoms with Gasteiger partial charge in [-0.05, 0) is 42.0 Å². The fourth-order valence-corrected chi connectivity index (χ4v) is 3.80. The van der Waals surface area contributed by atoms with E-state index >= 15 is 0 Å². The Hall–Kier alpha value is -3.87. The zero-order valence-corrected chi connectivity index (χ0v) is 17.7. The summed E-state index contributed by atoms with van der Waals surface area (Å²) >= 11 is 0. The molecule has 7 heteroatoms. The molecular formula is C25H26N4O3. The van der Waals surface area contributed by atoms with Crippen molar-refractivity contribution in [2.24, 2.45) is 5.92 Å². The van der Waals surface area contributed by atoms with Gasteiger partial charge in [0.05, 0.1) is 5.92 Å². The monoisotopic (exact) mass is 430 g/mol. The molecule has 1 unspecified atom stereocenters. The highest BCUT2D eigenvalue weighted by Crippen LogP contribution is 2.20. The Bertz CT molecular complexity index is 1060. The fraction of sp³-hybridized carbons (Fsp3) is 0.240. The van der Waals surface area contributed by atoms with Crippen molar-refractivity contribution >= 4 is 17.7 Å². The number of carbonyl (C=O) groups is 3. The molecule has 3 amide bonds. The Kier molecular flexibility index (Phi) is 6.65. The number of benzene rings is 2. The van der Waals surface area contributed by atoms with Crippen LogP contribution in [-0.2, 0) is 16.1 Å². The molecule has 1 aliphatic heterocycles. The van der Waals surface area contributed by atoms with Gasteiger partial charge in [-0.1, -0.05) is 30.3 Å². The van der Waals surface area contributed by atoms with E-state index in [1.165, 1.54) is 0 Å². The quantitative estimate of drug-likeness (QED) is 0.538. The number of amides is 3. The van der Waals surface area contributed by atoms with Gasteiger partial charge in [0.15, 0.2) is 0 Å². The van der Waals surface area contributed by atoms with E-state index < -0.39 is 0 Å². The molecule has 1 aromatic heterocycles.